The smallest absolute Gasteiger partial charge is 0.244 e. The zero-order chi connectivity index (χ0) is 13.8. The van der Waals surface area contributed by atoms with Gasteiger partial charge in [-0.05, 0) is 35.9 Å². The Morgan fingerprint density at radius 2 is 1.95 bits per heavy atom. The number of nitrogens with zero attached hydrogens (tertiary/aromatic N) is 2. The Labute approximate surface area is 117 Å². The molecule has 19 heavy (non-hydrogen) atoms. The summed E-state index contributed by atoms with van der Waals surface area (Å²) in [4.78, 5) is 5.61. The van der Waals surface area contributed by atoms with Crippen LogP contribution in [0.4, 0.5) is 0 Å². The summed E-state index contributed by atoms with van der Waals surface area (Å²) >= 11 is 1.81. The standard InChI is InChI=1S/C14H19N3OS/c1-4-19-11-7-5-10(6-8-11)13-16-14(18-17-13)12(15)9(2)3/h5-9,12H,4,15H2,1-3H3/t12-/m1/s1. The van der Waals surface area contributed by atoms with Crippen LogP contribution in [-0.4, -0.2) is 15.9 Å². The summed E-state index contributed by atoms with van der Waals surface area (Å²) in [6, 6.07) is 7.95. The van der Waals surface area contributed by atoms with Crippen molar-refractivity contribution in [2.75, 3.05) is 5.75 Å². The summed E-state index contributed by atoms with van der Waals surface area (Å²) in [5.41, 5.74) is 6.94. The van der Waals surface area contributed by atoms with Crippen molar-refractivity contribution in [3.63, 3.8) is 0 Å². The summed E-state index contributed by atoms with van der Waals surface area (Å²) in [5.74, 6) is 2.43. The van der Waals surface area contributed by atoms with Gasteiger partial charge in [-0.25, -0.2) is 0 Å². The van der Waals surface area contributed by atoms with E-state index in [1.807, 2.05) is 37.7 Å². The Morgan fingerprint density at radius 1 is 1.26 bits per heavy atom. The summed E-state index contributed by atoms with van der Waals surface area (Å²) in [7, 11) is 0. The number of hydrogen-bond acceptors (Lipinski definition) is 5. The molecule has 1 aromatic heterocycles. The number of hydrogen-bond donors (Lipinski definition) is 1. The topological polar surface area (TPSA) is 64.9 Å². The average Bonchev–Trinajstić information content (AvgIpc) is 2.88. The molecule has 1 atom stereocenters. The average molecular weight is 277 g/mol. The highest BCUT2D eigenvalue weighted by Crippen LogP contribution is 2.24. The van der Waals surface area contributed by atoms with Gasteiger partial charge >= 0.3 is 0 Å². The van der Waals surface area contributed by atoms with Gasteiger partial charge in [0, 0.05) is 10.5 Å². The van der Waals surface area contributed by atoms with E-state index >= 15 is 0 Å². The predicted molar refractivity (Wildman–Crippen MR) is 77.9 cm³/mol. The zero-order valence-corrected chi connectivity index (χ0v) is 12.3. The van der Waals surface area contributed by atoms with Crippen LogP contribution in [0.25, 0.3) is 11.4 Å². The Bertz CT molecular complexity index is 522. The molecule has 5 heteroatoms. The third-order valence-corrected chi connectivity index (χ3v) is 3.76. The first-order valence-electron chi connectivity index (χ1n) is 6.44. The molecule has 1 heterocycles. The maximum atomic E-state index is 5.99. The number of nitrogens with two attached hydrogens (primary N) is 1. The minimum atomic E-state index is -0.212. The van der Waals surface area contributed by atoms with Gasteiger partial charge in [0.25, 0.3) is 0 Å². The van der Waals surface area contributed by atoms with Crippen molar-refractivity contribution < 1.29 is 4.52 Å². The molecule has 1 aromatic carbocycles. The van der Waals surface area contributed by atoms with Crippen molar-refractivity contribution in [2.24, 2.45) is 11.7 Å². The lowest BCUT2D eigenvalue weighted by Gasteiger charge is -2.09. The van der Waals surface area contributed by atoms with Crippen molar-refractivity contribution in [3.05, 3.63) is 30.2 Å². The summed E-state index contributed by atoms with van der Waals surface area (Å²) in [6.45, 7) is 6.20. The molecule has 0 unspecified atom stereocenters. The molecular formula is C14H19N3OS. The largest absolute Gasteiger partial charge is 0.337 e. The van der Waals surface area contributed by atoms with E-state index in [1.165, 1.54) is 4.90 Å². The lowest BCUT2D eigenvalue weighted by molar-refractivity contribution is 0.325. The van der Waals surface area contributed by atoms with E-state index in [0.717, 1.165) is 11.3 Å². The molecule has 0 amide bonds. The first-order chi connectivity index (χ1) is 9.11. The minimum Gasteiger partial charge on any atom is -0.337 e. The van der Waals surface area contributed by atoms with Crippen LogP contribution in [0.15, 0.2) is 33.7 Å². The van der Waals surface area contributed by atoms with Crippen LogP contribution < -0.4 is 5.73 Å². The maximum Gasteiger partial charge on any atom is 0.244 e. The van der Waals surface area contributed by atoms with Crippen LogP contribution in [-0.2, 0) is 0 Å². The second kappa shape index (κ2) is 6.21. The predicted octanol–water partition coefficient (Wildman–Crippen LogP) is 3.50. The molecule has 0 saturated carbocycles. The molecule has 2 rings (SSSR count). The van der Waals surface area contributed by atoms with E-state index in [4.69, 9.17) is 10.3 Å². The first-order valence-corrected chi connectivity index (χ1v) is 7.42. The van der Waals surface area contributed by atoms with E-state index in [2.05, 4.69) is 29.2 Å². The highest BCUT2D eigenvalue weighted by molar-refractivity contribution is 7.99. The van der Waals surface area contributed by atoms with Crippen molar-refractivity contribution in [1.82, 2.24) is 10.1 Å². The Kier molecular flexibility index (Phi) is 4.61. The quantitative estimate of drug-likeness (QED) is 0.847. The molecule has 2 aromatic rings. The van der Waals surface area contributed by atoms with Gasteiger partial charge in [0.1, 0.15) is 0 Å². The zero-order valence-electron chi connectivity index (χ0n) is 11.5. The number of rotatable bonds is 5. The SMILES string of the molecule is CCSc1ccc(-c2noc([C@H](N)C(C)C)n2)cc1. The summed E-state index contributed by atoms with van der Waals surface area (Å²) in [6.07, 6.45) is 0. The minimum absolute atomic E-state index is 0.212. The van der Waals surface area contributed by atoms with Crippen molar-refractivity contribution in [2.45, 2.75) is 31.7 Å². The van der Waals surface area contributed by atoms with Crippen LogP contribution in [0, 0.1) is 5.92 Å². The normalized spacial score (nSPS) is 12.9. The molecule has 0 spiro atoms. The molecular weight excluding hydrogens is 258 g/mol. The molecule has 0 aliphatic carbocycles. The van der Waals surface area contributed by atoms with Crippen LogP contribution in [0.2, 0.25) is 0 Å². The lowest BCUT2D eigenvalue weighted by Crippen LogP contribution is -2.16. The number of aromatic nitrogens is 2. The second-order valence-electron chi connectivity index (χ2n) is 4.68. The second-order valence-corrected chi connectivity index (χ2v) is 6.02. The first kappa shape index (κ1) is 14.1. The number of thioether (sulfide) groups is 1. The molecule has 102 valence electrons. The fourth-order valence-corrected chi connectivity index (χ4v) is 2.30. The Morgan fingerprint density at radius 3 is 2.53 bits per heavy atom. The van der Waals surface area contributed by atoms with Gasteiger partial charge in [-0.3, -0.25) is 0 Å². The van der Waals surface area contributed by atoms with Crippen molar-refractivity contribution in [1.29, 1.82) is 0 Å². The molecule has 0 radical (unpaired) electrons. The van der Waals surface area contributed by atoms with Gasteiger partial charge < -0.3 is 10.3 Å². The monoisotopic (exact) mass is 277 g/mol. The number of benzene rings is 1. The van der Waals surface area contributed by atoms with E-state index in [-0.39, 0.29) is 12.0 Å². The Balaban J connectivity index is 2.18. The van der Waals surface area contributed by atoms with E-state index in [0.29, 0.717) is 11.7 Å². The van der Waals surface area contributed by atoms with Crippen LogP contribution in [0.1, 0.15) is 32.7 Å². The van der Waals surface area contributed by atoms with E-state index in [1.54, 1.807) is 0 Å². The highest BCUT2D eigenvalue weighted by Gasteiger charge is 2.18. The third-order valence-electron chi connectivity index (χ3n) is 2.87. The molecule has 4 nitrogen and oxygen atoms in total. The van der Waals surface area contributed by atoms with E-state index in [9.17, 15) is 0 Å². The molecule has 0 bridgehead atoms. The van der Waals surface area contributed by atoms with Crippen LogP contribution >= 0.6 is 11.8 Å². The maximum absolute atomic E-state index is 5.99. The van der Waals surface area contributed by atoms with E-state index < -0.39 is 0 Å². The molecule has 2 N–H and O–H groups in total. The summed E-state index contributed by atoms with van der Waals surface area (Å²) < 4.78 is 5.23. The van der Waals surface area contributed by atoms with Gasteiger partial charge in [-0.15, -0.1) is 11.8 Å². The van der Waals surface area contributed by atoms with Gasteiger partial charge in [0.15, 0.2) is 0 Å². The van der Waals surface area contributed by atoms with Gasteiger partial charge in [0.2, 0.25) is 11.7 Å². The lowest BCUT2D eigenvalue weighted by atomic mass is 10.1. The molecule has 0 aliphatic heterocycles. The molecule has 0 fully saturated rings. The van der Waals surface area contributed by atoms with Crippen LogP contribution in [0.5, 0.6) is 0 Å². The summed E-state index contributed by atoms with van der Waals surface area (Å²) in [5, 5.41) is 3.99. The van der Waals surface area contributed by atoms with Crippen LogP contribution in [0.3, 0.4) is 0 Å². The highest BCUT2D eigenvalue weighted by atomic mass is 32.2. The molecule has 0 aliphatic rings. The Hall–Kier alpha value is -1.33. The van der Waals surface area contributed by atoms with Gasteiger partial charge in [-0.1, -0.05) is 25.9 Å². The van der Waals surface area contributed by atoms with Crippen molar-refractivity contribution >= 4 is 11.8 Å². The fourth-order valence-electron chi connectivity index (χ4n) is 1.64. The fraction of sp³-hybridized carbons (Fsp3) is 0.429. The molecule has 0 saturated heterocycles. The van der Waals surface area contributed by atoms with Gasteiger partial charge in [-0.2, -0.15) is 4.98 Å². The van der Waals surface area contributed by atoms with Gasteiger partial charge in [0.05, 0.1) is 6.04 Å². The van der Waals surface area contributed by atoms with Crippen molar-refractivity contribution in [3.8, 4) is 11.4 Å². The third kappa shape index (κ3) is 3.36.